The maximum Gasteiger partial charge on any atom is 0.162 e. The van der Waals surface area contributed by atoms with Gasteiger partial charge in [0.2, 0.25) is 0 Å². The van der Waals surface area contributed by atoms with Gasteiger partial charge in [0.15, 0.2) is 11.5 Å². The summed E-state index contributed by atoms with van der Waals surface area (Å²) in [6, 6.07) is 21.8. The van der Waals surface area contributed by atoms with E-state index in [1.54, 1.807) is 7.11 Å². The van der Waals surface area contributed by atoms with Gasteiger partial charge in [-0.25, -0.2) is 9.97 Å². The first kappa shape index (κ1) is 25.9. The predicted molar refractivity (Wildman–Crippen MR) is 148 cm³/mol. The molecule has 0 radical (unpaired) electrons. The molecule has 8 nitrogen and oxygen atoms in total. The van der Waals surface area contributed by atoms with Gasteiger partial charge in [-0.2, -0.15) is 0 Å². The molecule has 0 atom stereocenters. The van der Waals surface area contributed by atoms with Crippen LogP contribution in [-0.2, 0) is 11.4 Å². The summed E-state index contributed by atoms with van der Waals surface area (Å²) in [5.41, 5.74) is 4.52. The van der Waals surface area contributed by atoms with E-state index in [1.807, 2.05) is 87.7 Å². The van der Waals surface area contributed by atoms with Gasteiger partial charge in [-0.3, -0.25) is 0 Å². The first-order valence-corrected chi connectivity index (χ1v) is 12.2. The molecule has 0 amide bonds. The lowest BCUT2D eigenvalue weighted by atomic mass is 10.1. The second-order valence-electron chi connectivity index (χ2n) is 8.89. The van der Waals surface area contributed by atoms with Crippen LogP contribution in [0.25, 0.3) is 10.9 Å². The fourth-order valence-electron chi connectivity index (χ4n) is 3.76. The van der Waals surface area contributed by atoms with Gasteiger partial charge in [0.1, 0.15) is 18.8 Å². The van der Waals surface area contributed by atoms with Gasteiger partial charge in [-0.15, -0.1) is 0 Å². The van der Waals surface area contributed by atoms with Crippen LogP contribution in [-0.4, -0.2) is 54.9 Å². The summed E-state index contributed by atoms with van der Waals surface area (Å²) in [6.07, 6.45) is 2.45. The zero-order chi connectivity index (χ0) is 26.0. The Kier molecular flexibility index (Phi) is 8.89. The van der Waals surface area contributed by atoms with Crippen molar-refractivity contribution >= 4 is 28.1 Å². The molecule has 0 fully saturated rings. The molecule has 0 aliphatic carbocycles. The zero-order valence-electron chi connectivity index (χ0n) is 21.8. The standard InChI is InChI=1S/C29H33N5O3/c1-21(33-37-19-22-9-6-5-7-10-22)23-11-13-24(14-12-23)32-29-25-17-28(36-16-8-15-34(2)3)27(35-4)18-26(25)30-20-31-29/h5-7,9-14,17-18,20H,8,15-16,19H2,1-4H3,(H,30,31,32)/b33-21-. The number of nitrogens with zero attached hydrogens (tertiary/aromatic N) is 4. The van der Waals surface area contributed by atoms with E-state index in [9.17, 15) is 0 Å². The molecule has 3 aromatic carbocycles. The quantitative estimate of drug-likeness (QED) is 0.153. The van der Waals surface area contributed by atoms with Crippen molar-refractivity contribution in [2.45, 2.75) is 20.0 Å². The van der Waals surface area contributed by atoms with Crippen molar-refractivity contribution in [3.05, 3.63) is 84.2 Å². The van der Waals surface area contributed by atoms with E-state index in [-0.39, 0.29) is 0 Å². The molecule has 8 heteroatoms. The fourth-order valence-corrected chi connectivity index (χ4v) is 3.76. The van der Waals surface area contributed by atoms with Gasteiger partial charge in [0.05, 0.1) is 24.9 Å². The molecular formula is C29H33N5O3. The molecule has 4 rings (SSSR count). The number of fused-ring (bicyclic) bond motifs is 1. The van der Waals surface area contributed by atoms with Crippen LogP contribution < -0.4 is 14.8 Å². The summed E-state index contributed by atoms with van der Waals surface area (Å²) in [7, 11) is 5.73. The SMILES string of the molecule is COc1cc2ncnc(Nc3ccc(/C(C)=N\OCc4ccccc4)cc3)c2cc1OCCCN(C)C. The molecule has 1 aromatic heterocycles. The lowest BCUT2D eigenvalue weighted by molar-refractivity contribution is 0.130. The van der Waals surface area contributed by atoms with Gasteiger partial charge >= 0.3 is 0 Å². The molecule has 37 heavy (non-hydrogen) atoms. The van der Waals surface area contributed by atoms with Crippen LogP contribution in [0.15, 0.2) is 78.2 Å². The summed E-state index contributed by atoms with van der Waals surface area (Å²) >= 11 is 0. The van der Waals surface area contributed by atoms with Crippen LogP contribution in [0, 0.1) is 0 Å². The maximum absolute atomic E-state index is 6.03. The number of methoxy groups -OCH3 is 1. The summed E-state index contributed by atoms with van der Waals surface area (Å²) < 4.78 is 11.6. The maximum atomic E-state index is 6.03. The second-order valence-corrected chi connectivity index (χ2v) is 8.89. The Morgan fingerprint density at radius 3 is 2.49 bits per heavy atom. The van der Waals surface area contributed by atoms with Gasteiger partial charge in [-0.05, 0) is 56.8 Å². The Morgan fingerprint density at radius 1 is 0.973 bits per heavy atom. The summed E-state index contributed by atoms with van der Waals surface area (Å²) in [5, 5.41) is 8.51. The molecule has 0 unspecified atom stereocenters. The summed E-state index contributed by atoms with van der Waals surface area (Å²) in [4.78, 5) is 16.5. The first-order chi connectivity index (χ1) is 18.0. The van der Waals surface area contributed by atoms with Crippen molar-refractivity contribution in [1.29, 1.82) is 0 Å². The van der Waals surface area contributed by atoms with E-state index in [0.717, 1.165) is 46.4 Å². The smallest absolute Gasteiger partial charge is 0.162 e. The normalized spacial score (nSPS) is 11.5. The van der Waals surface area contributed by atoms with E-state index in [4.69, 9.17) is 14.3 Å². The van der Waals surface area contributed by atoms with E-state index in [2.05, 4.69) is 25.3 Å². The van der Waals surface area contributed by atoms with Crippen LogP contribution in [0.2, 0.25) is 0 Å². The van der Waals surface area contributed by atoms with Crippen LogP contribution in [0.3, 0.4) is 0 Å². The lowest BCUT2D eigenvalue weighted by Gasteiger charge is -2.15. The number of aromatic nitrogens is 2. The molecular weight excluding hydrogens is 466 g/mol. The number of oxime groups is 1. The van der Waals surface area contributed by atoms with Gasteiger partial charge in [-0.1, -0.05) is 47.6 Å². The number of anilines is 2. The minimum absolute atomic E-state index is 0.435. The highest BCUT2D eigenvalue weighted by Crippen LogP contribution is 2.34. The van der Waals surface area contributed by atoms with Gasteiger partial charge in [0.25, 0.3) is 0 Å². The highest BCUT2D eigenvalue weighted by atomic mass is 16.6. The highest BCUT2D eigenvalue weighted by molar-refractivity contribution is 5.99. The molecule has 192 valence electrons. The van der Waals surface area contributed by atoms with Crippen LogP contribution in [0.4, 0.5) is 11.5 Å². The zero-order valence-corrected chi connectivity index (χ0v) is 21.8. The molecule has 0 saturated heterocycles. The Bertz CT molecular complexity index is 1320. The molecule has 0 saturated carbocycles. The topological polar surface area (TPSA) is 81.1 Å². The Labute approximate surface area is 217 Å². The van der Waals surface area contributed by atoms with Crippen molar-refractivity contribution in [2.24, 2.45) is 5.16 Å². The third-order valence-corrected chi connectivity index (χ3v) is 5.77. The first-order valence-electron chi connectivity index (χ1n) is 12.2. The van der Waals surface area contributed by atoms with Crippen LogP contribution in [0.5, 0.6) is 11.5 Å². The van der Waals surface area contributed by atoms with Crippen molar-refractivity contribution in [1.82, 2.24) is 14.9 Å². The summed E-state index contributed by atoms with van der Waals surface area (Å²) in [6.45, 7) is 3.91. The fraction of sp³-hybridized carbons (Fsp3) is 0.276. The minimum atomic E-state index is 0.435. The number of ether oxygens (including phenoxy) is 2. The average Bonchev–Trinajstić information content (AvgIpc) is 2.91. The Hall–Kier alpha value is -4.17. The number of nitrogens with one attached hydrogen (secondary N) is 1. The van der Waals surface area contributed by atoms with E-state index in [1.165, 1.54) is 6.33 Å². The molecule has 0 bridgehead atoms. The van der Waals surface area contributed by atoms with E-state index >= 15 is 0 Å². The molecule has 0 aliphatic heterocycles. The number of hydrogen-bond donors (Lipinski definition) is 1. The molecule has 1 N–H and O–H groups in total. The van der Waals surface area contributed by atoms with Crippen molar-refractivity contribution in [2.75, 3.05) is 39.7 Å². The van der Waals surface area contributed by atoms with Gasteiger partial charge in [0, 0.05) is 23.7 Å². The largest absolute Gasteiger partial charge is 0.493 e. The highest BCUT2D eigenvalue weighted by Gasteiger charge is 2.12. The van der Waals surface area contributed by atoms with Crippen molar-refractivity contribution in [3.8, 4) is 11.5 Å². The predicted octanol–water partition coefficient (Wildman–Crippen LogP) is 5.65. The average molecular weight is 500 g/mol. The molecule has 0 aliphatic rings. The molecule has 0 spiro atoms. The third kappa shape index (κ3) is 7.17. The summed E-state index contributed by atoms with van der Waals surface area (Å²) in [5.74, 6) is 2.01. The number of benzene rings is 3. The van der Waals surface area contributed by atoms with Crippen LogP contribution in [0.1, 0.15) is 24.5 Å². The second kappa shape index (κ2) is 12.7. The molecule has 1 heterocycles. The lowest BCUT2D eigenvalue weighted by Crippen LogP contribution is -2.15. The van der Waals surface area contributed by atoms with E-state index in [0.29, 0.717) is 30.5 Å². The van der Waals surface area contributed by atoms with Crippen molar-refractivity contribution in [3.63, 3.8) is 0 Å². The minimum Gasteiger partial charge on any atom is -0.493 e. The van der Waals surface area contributed by atoms with E-state index < -0.39 is 0 Å². The monoisotopic (exact) mass is 499 g/mol. The van der Waals surface area contributed by atoms with Crippen LogP contribution >= 0.6 is 0 Å². The van der Waals surface area contributed by atoms with Crippen molar-refractivity contribution < 1.29 is 14.3 Å². The van der Waals surface area contributed by atoms with Gasteiger partial charge < -0.3 is 24.5 Å². The Morgan fingerprint density at radius 2 is 1.76 bits per heavy atom. The molecule has 4 aromatic rings. The Balaban J connectivity index is 1.46. The number of hydrogen-bond acceptors (Lipinski definition) is 8. The third-order valence-electron chi connectivity index (χ3n) is 5.77. The number of rotatable bonds is 12.